The molecule has 1 aliphatic rings. The van der Waals surface area contributed by atoms with E-state index in [1.807, 2.05) is 6.92 Å². The lowest BCUT2D eigenvalue weighted by Crippen LogP contribution is -2.31. The van der Waals surface area contributed by atoms with Crippen molar-refractivity contribution in [2.45, 2.75) is 26.7 Å². The fourth-order valence-electron chi connectivity index (χ4n) is 1.72. The average molecular weight is 234 g/mol. The maximum Gasteiger partial charge on any atom is 0.319 e. The molecule has 1 saturated carbocycles. The van der Waals surface area contributed by atoms with Crippen LogP contribution in [0.1, 0.15) is 24.2 Å². The van der Waals surface area contributed by atoms with E-state index in [0.29, 0.717) is 24.2 Å². The number of aromatic nitrogens is 1. The van der Waals surface area contributed by atoms with Crippen LogP contribution in [0.2, 0.25) is 0 Å². The summed E-state index contributed by atoms with van der Waals surface area (Å²) in [5.41, 5.74) is 0.921. The zero-order chi connectivity index (χ0) is 12.6. The Morgan fingerprint density at radius 2 is 2.00 bits per heavy atom. The first kappa shape index (κ1) is 11.6. The SMILES string of the molecule is Cc1ccc(NC(=O)C2(C(=O)O)CC2)c(C)n1. The summed E-state index contributed by atoms with van der Waals surface area (Å²) in [6, 6.07) is 3.52. The third-order valence-electron chi connectivity index (χ3n) is 3.07. The number of aryl methyl sites for hydroxylation is 2. The molecule has 5 heteroatoms. The second-order valence-corrected chi connectivity index (χ2v) is 4.43. The number of carbonyl (C=O) groups excluding carboxylic acids is 1. The number of anilines is 1. The van der Waals surface area contributed by atoms with Crippen LogP contribution < -0.4 is 5.32 Å². The van der Waals surface area contributed by atoms with E-state index in [4.69, 9.17) is 5.11 Å². The first-order chi connectivity index (χ1) is 7.95. The number of carboxylic acids is 1. The van der Waals surface area contributed by atoms with Crippen molar-refractivity contribution in [1.29, 1.82) is 0 Å². The summed E-state index contributed by atoms with van der Waals surface area (Å²) in [6.07, 6.45) is 0.818. The average Bonchev–Trinajstić information content (AvgIpc) is 3.02. The van der Waals surface area contributed by atoms with Crippen LogP contribution in [0.5, 0.6) is 0 Å². The predicted octanol–water partition coefficient (Wildman–Crippen LogP) is 1.50. The van der Waals surface area contributed by atoms with Crippen molar-refractivity contribution in [3.05, 3.63) is 23.5 Å². The lowest BCUT2D eigenvalue weighted by molar-refractivity contribution is -0.147. The summed E-state index contributed by atoms with van der Waals surface area (Å²) in [7, 11) is 0. The molecular formula is C12H14N2O3. The molecule has 1 aromatic rings. The molecule has 5 nitrogen and oxygen atoms in total. The maximum absolute atomic E-state index is 11.9. The number of carbonyl (C=O) groups is 2. The van der Waals surface area contributed by atoms with E-state index in [1.54, 1.807) is 19.1 Å². The summed E-state index contributed by atoms with van der Waals surface area (Å²) in [5, 5.41) is 11.6. The van der Waals surface area contributed by atoms with E-state index in [1.165, 1.54) is 0 Å². The van der Waals surface area contributed by atoms with E-state index in [-0.39, 0.29) is 0 Å². The fourth-order valence-corrected chi connectivity index (χ4v) is 1.72. The van der Waals surface area contributed by atoms with Gasteiger partial charge in [0, 0.05) is 5.69 Å². The Morgan fingerprint density at radius 1 is 1.35 bits per heavy atom. The number of aliphatic carboxylic acids is 1. The molecular weight excluding hydrogens is 220 g/mol. The highest BCUT2D eigenvalue weighted by Crippen LogP contribution is 2.46. The summed E-state index contributed by atoms with van der Waals surface area (Å²) in [4.78, 5) is 27.0. The quantitative estimate of drug-likeness (QED) is 0.777. The zero-order valence-corrected chi connectivity index (χ0v) is 9.78. The van der Waals surface area contributed by atoms with Gasteiger partial charge in [-0.15, -0.1) is 0 Å². The molecule has 0 atom stereocenters. The van der Waals surface area contributed by atoms with Gasteiger partial charge in [0.15, 0.2) is 0 Å². The fraction of sp³-hybridized carbons (Fsp3) is 0.417. The van der Waals surface area contributed by atoms with Crippen molar-refractivity contribution in [3.63, 3.8) is 0 Å². The van der Waals surface area contributed by atoms with E-state index < -0.39 is 17.3 Å². The molecule has 0 spiro atoms. The Hall–Kier alpha value is -1.91. The lowest BCUT2D eigenvalue weighted by Gasteiger charge is -2.12. The van der Waals surface area contributed by atoms with Gasteiger partial charge in [-0.2, -0.15) is 0 Å². The van der Waals surface area contributed by atoms with Crippen LogP contribution in [0.4, 0.5) is 5.69 Å². The Morgan fingerprint density at radius 3 is 2.47 bits per heavy atom. The highest BCUT2D eigenvalue weighted by atomic mass is 16.4. The Labute approximate surface area is 98.9 Å². The monoisotopic (exact) mass is 234 g/mol. The third-order valence-corrected chi connectivity index (χ3v) is 3.07. The molecule has 0 aliphatic heterocycles. The normalized spacial score (nSPS) is 16.4. The van der Waals surface area contributed by atoms with Gasteiger partial charge in [0.2, 0.25) is 5.91 Å². The molecule has 1 aromatic heterocycles. The van der Waals surface area contributed by atoms with Gasteiger partial charge >= 0.3 is 5.97 Å². The molecule has 1 heterocycles. The number of pyridine rings is 1. The molecule has 2 rings (SSSR count). The van der Waals surface area contributed by atoms with Crippen LogP contribution in [0, 0.1) is 19.3 Å². The second-order valence-electron chi connectivity index (χ2n) is 4.43. The van der Waals surface area contributed by atoms with E-state index in [2.05, 4.69) is 10.3 Å². The third kappa shape index (κ3) is 2.00. The van der Waals surface area contributed by atoms with Gasteiger partial charge in [-0.25, -0.2) is 0 Å². The zero-order valence-electron chi connectivity index (χ0n) is 9.78. The number of amides is 1. The molecule has 0 radical (unpaired) electrons. The predicted molar refractivity (Wildman–Crippen MR) is 61.6 cm³/mol. The molecule has 0 saturated heterocycles. The van der Waals surface area contributed by atoms with Gasteiger partial charge in [0.05, 0.1) is 11.4 Å². The lowest BCUT2D eigenvalue weighted by atomic mass is 10.1. The van der Waals surface area contributed by atoms with Crippen molar-refractivity contribution >= 4 is 17.6 Å². The number of hydrogen-bond acceptors (Lipinski definition) is 3. The number of carboxylic acid groups (broad SMARTS) is 1. The molecule has 0 unspecified atom stereocenters. The molecule has 0 bridgehead atoms. The van der Waals surface area contributed by atoms with Crippen LogP contribution in [0.25, 0.3) is 0 Å². The van der Waals surface area contributed by atoms with E-state index in [9.17, 15) is 9.59 Å². The smallest absolute Gasteiger partial charge is 0.319 e. The summed E-state index contributed by atoms with van der Waals surface area (Å²) in [6.45, 7) is 3.64. The molecule has 1 fully saturated rings. The molecule has 17 heavy (non-hydrogen) atoms. The summed E-state index contributed by atoms with van der Waals surface area (Å²) in [5.74, 6) is -1.49. The summed E-state index contributed by atoms with van der Waals surface area (Å²) >= 11 is 0. The first-order valence-electron chi connectivity index (χ1n) is 5.45. The van der Waals surface area contributed by atoms with Gasteiger partial charge in [0.25, 0.3) is 0 Å². The van der Waals surface area contributed by atoms with Gasteiger partial charge in [-0.05, 0) is 38.8 Å². The highest BCUT2D eigenvalue weighted by Gasteiger charge is 2.57. The van der Waals surface area contributed by atoms with E-state index in [0.717, 1.165) is 5.69 Å². The maximum atomic E-state index is 11.9. The van der Waals surface area contributed by atoms with Crippen LogP contribution in [0.3, 0.4) is 0 Å². The van der Waals surface area contributed by atoms with Crippen LogP contribution >= 0.6 is 0 Å². The number of hydrogen-bond donors (Lipinski definition) is 2. The highest BCUT2D eigenvalue weighted by molar-refractivity contribution is 6.10. The van der Waals surface area contributed by atoms with Crippen molar-refractivity contribution < 1.29 is 14.7 Å². The second kappa shape index (κ2) is 3.84. The first-order valence-corrected chi connectivity index (χ1v) is 5.45. The van der Waals surface area contributed by atoms with Gasteiger partial charge in [-0.3, -0.25) is 14.6 Å². The van der Waals surface area contributed by atoms with E-state index >= 15 is 0 Å². The molecule has 1 aliphatic carbocycles. The largest absolute Gasteiger partial charge is 0.480 e. The van der Waals surface area contributed by atoms with Crippen LogP contribution in [0.15, 0.2) is 12.1 Å². The minimum atomic E-state index is -1.21. The van der Waals surface area contributed by atoms with Crippen molar-refractivity contribution in [2.75, 3.05) is 5.32 Å². The van der Waals surface area contributed by atoms with Gasteiger partial charge in [-0.1, -0.05) is 0 Å². The number of nitrogens with one attached hydrogen (secondary N) is 1. The molecule has 0 aromatic carbocycles. The standard InChI is InChI=1S/C12H14N2O3/c1-7-3-4-9(8(2)13-7)14-10(15)12(5-6-12)11(16)17/h3-4H,5-6H2,1-2H3,(H,14,15)(H,16,17). The van der Waals surface area contributed by atoms with Gasteiger partial charge in [0.1, 0.15) is 5.41 Å². The Balaban J connectivity index is 2.17. The van der Waals surface area contributed by atoms with Crippen LogP contribution in [-0.2, 0) is 9.59 Å². The number of nitrogens with zero attached hydrogens (tertiary/aromatic N) is 1. The number of rotatable bonds is 3. The van der Waals surface area contributed by atoms with Crippen molar-refractivity contribution in [1.82, 2.24) is 4.98 Å². The van der Waals surface area contributed by atoms with Crippen LogP contribution in [-0.4, -0.2) is 22.0 Å². The summed E-state index contributed by atoms with van der Waals surface area (Å²) < 4.78 is 0. The molecule has 2 N–H and O–H groups in total. The minimum Gasteiger partial charge on any atom is -0.480 e. The minimum absolute atomic E-state index is 0.409. The Bertz CT molecular complexity index is 493. The Kier molecular flexibility index (Phi) is 2.61. The topological polar surface area (TPSA) is 79.3 Å². The molecule has 90 valence electrons. The van der Waals surface area contributed by atoms with Gasteiger partial charge < -0.3 is 10.4 Å². The van der Waals surface area contributed by atoms with Crippen molar-refractivity contribution in [2.24, 2.45) is 5.41 Å². The molecule has 1 amide bonds. The van der Waals surface area contributed by atoms with Crippen molar-refractivity contribution in [3.8, 4) is 0 Å².